The maximum absolute atomic E-state index is 12.1. The Hall–Kier alpha value is -2.30. The van der Waals surface area contributed by atoms with E-state index in [0.717, 1.165) is 44.5 Å². The summed E-state index contributed by atoms with van der Waals surface area (Å²) < 4.78 is 2.40. The van der Waals surface area contributed by atoms with E-state index in [1.54, 1.807) is 0 Å². The van der Waals surface area contributed by atoms with E-state index < -0.39 is 0 Å². The van der Waals surface area contributed by atoms with Gasteiger partial charge in [-0.25, -0.2) is 9.78 Å². The van der Waals surface area contributed by atoms with Crippen molar-refractivity contribution in [3.8, 4) is 11.3 Å². The summed E-state index contributed by atoms with van der Waals surface area (Å²) in [6, 6.07) is 11.0. The van der Waals surface area contributed by atoms with Crippen LogP contribution >= 0.6 is 0 Å². The van der Waals surface area contributed by atoms with Crippen LogP contribution in [0.1, 0.15) is 64.1 Å². The Morgan fingerprint density at radius 2 is 1.93 bits per heavy atom. The summed E-state index contributed by atoms with van der Waals surface area (Å²) in [6.07, 6.45) is 6.30. The molecule has 0 aliphatic carbocycles. The van der Waals surface area contributed by atoms with Gasteiger partial charge in [0.15, 0.2) is 0 Å². The number of hydrogen-bond acceptors (Lipinski definition) is 2. The van der Waals surface area contributed by atoms with Gasteiger partial charge in [0, 0.05) is 36.9 Å². The van der Waals surface area contributed by atoms with Crippen molar-refractivity contribution < 1.29 is 4.79 Å². The van der Waals surface area contributed by atoms with E-state index >= 15 is 0 Å². The molecule has 146 valence electrons. The predicted octanol–water partition coefficient (Wildman–Crippen LogP) is 4.82. The van der Waals surface area contributed by atoms with Crippen molar-refractivity contribution in [2.45, 2.75) is 58.4 Å². The Morgan fingerprint density at radius 1 is 1.22 bits per heavy atom. The molecule has 0 spiro atoms. The number of aromatic nitrogens is 2. The van der Waals surface area contributed by atoms with Crippen LogP contribution in [0.3, 0.4) is 0 Å². The molecule has 0 saturated carbocycles. The minimum absolute atomic E-state index is 0.0612. The second kappa shape index (κ2) is 9.07. The maximum atomic E-state index is 12.1. The lowest BCUT2D eigenvalue weighted by Crippen LogP contribution is -2.44. The van der Waals surface area contributed by atoms with E-state index in [2.05, 4.69) is 48.0 Å². The number of amides is 2. The highest BCUT2D eigenvalue weighted by atomic mass is 16.2. The summed E-state index contributed by atoms with van der Waals surface area (Å²) in [7, 11) is 0. The summed E-state index contributed by atoms with van der Waals surface area (Å²) in [5.41, 5.74) is 3.65. The molecular formula is C22H32N4O. The lowest BCUT2D eigenvalue weighted by atomic mass is 9.95. The van der Waals surface area contributed by atoms with Crippen LogP contribution in [0.5, 0.6) is 0 Å². The Labute approximate surface area is 162 Å². The van der Waals surface area contributed by atoms with Crippen LogP contribution in [0, 0.1) is 0 Å². The molecule has 1 aromatic heterocycles. The monoisotopic (exact) mass is 368 g/mol. The molecular weight excluding hydrogens is 336 g/mol. The number of rotatable bonds is 6. The number of nitrogens with one attached hydrogen (secondary N) is 1. The number of benzene rings is 1. The van der Waals surface area contributed by atoms with Crippen molar-refractivity contribution in [3.63, 3.8) is 0 Å². The summed E-state index contributed by atoms with van der Waals surface area (Å²) in [5.74, 6) is 0.467. The minimum atomic E-state index is 0.0612. The van der Waals surface area contributed by atoms with Crippen LogP contribution in [0.15, 0.2) is 36.7 Å². The van der Waals surface area contributed by atoms with Gasteiger partial charge >= 0.3 is 6.03 Å². The number of piperidine rings is 1. The van der Waals surface area contributed by atoms with E-state index in [9.17, 15) is 4.79 Å². The lowest BCUT2D eigenvalue weighted by molar-refractivity contribution is 0.171. The second-order valence-electron chi connectivity index (χ2n) is 7.50. The molecule has 1 aromatic carbocycles. The van der Waals surface area contributed by atoms with E-state index in [-0.39, 0.29) is 6.03 Å². The van der Waals surface area contributed by atoms with Gasteiger partial charge in [-0.15, -0.1) is 0 Å². The van der Waals surface area contributed by atoms with E-state index in [1.807, 2.05) is 24.2 Å². The fourth-order valence-corrected chi connectivity index (χ4v) is 4.15. The summed E-state index contributed by atoms with van der Waals surface area (Å²) in [4.78, 5) is 18.8. The van der Waals surface area contributed by atoms with Crippen LogP contribution in [0.4, 0.5) is 4.79 Å². The molecule has 2 heterocycles. The molecule has 1 saturated heterocycles. The first kappa shape index (κ1) is 19.5. The fourth-order valence-electron chi connectivity index (χ4n) is 4.15. The zero-order valence-electron chi connectivity index (χ0n) is 16.8. The van der Waals surface area contributed by atoms with E-state index in [4.69, 9.17) is 4.98 Å². The number of likely N-dealkylation sites (tertiary alicyclic amines) is 1. The summed E-state index contributed by atoms with van der Waals surface area (Å²) in [6.45, 7) is 8.80. The van der Waals surface area contributed by atoms with Crippen molar-refractivity contribution >= 4 is 6.03 Å². The third-order valence-electron chi connectivity index (χ3n) is 5.54. The summed E-state index contributed by atoms with van der Waals surface area (Å²) in [5, 5.41) is 2.91. The Morgan fingerprint density at radius 3 is 2.56 bits per heavy atom. The zero-order valence-corrected chi connectivity index (χ0v) is 16.8. The number of imidazole rings is 1. The van der Waals surface area contributed by atoms with Gasteiger partial charge in [-0.05, 0) is 32.1 Å². The zero-order chi connectivity index (χ0) is 19.2. The minimum Gasteiger partial charge on any atom is -0.338 e. The lowest BCUT2D eigenvalue weighted by Gasteiger charge is -2.34. The van der Waals surface area contributed by atoms with Crippen molar-refractivity contribution in [3.05, 3.63) is 42.4 Å². The molecule has 0 bridgehead atoms. The number of carbonyl (C=O) groups is 1. The molecule has 2 amide bonds. The quantitative estimate of drug-likeness (QED) is 0.795. The van der Waals surface area contributed by atoms with Gasteiger partial charge in [0.05, 0.1) is 12.0 Å². The van der Waals surface area contributed by atoms with Crippen LogP contribution in [0.2, 0.25) is 0 Å². The van der Waals surface area contributed by atoms with Gasteiger partial charge in [0.2, 0.25) is 0 Å². The van der Waals surface area contributed by atoms with Crippen molar-refractivity contribution in [1.29, 1.82) is 0 Å². The first-order chi connectivity index (χ1) is 13.2. The highest BCUT2D eigenvalue weighted by molar-refractivity contribution is 5.74. The van der Waals surface area contributed by atoms with Crippen LogP contribution in [-0.2, 0) is 0 Å². The molecule has 5 heteroatoms. The molecule has 1 aliphatic heterocycles. The molecule has 3 rings (SSSR count). The summed E-state index contributed by atoms with van der Waals surface area (Å²) >= 11 is 0. The molecule has 0 unspecified atom stereocenters. The van der Waals surface area contributed by atoms with Gasteiger partial charge in [0.25, 0.3) is 0 Å². The molecule has 1 fully saturated rings. The fraction of sp³-hybridized carbons (Fsp3) is 0.545. The number of carbonyl (C=O) groups excluding carboxylic acids is 1. The van der Waals surface area contributed by atoms with Crippen LogP contribution < -0.4 is 5.32 Å². The predicted molar refractivity (Wildman–Crippen MR) is 110 cm³/mol. The molecule has 27 heavy (non-hydrogen) atoms. The number of urea groups is 1. The van der Waals surface area contributed by atoms with Gasteiger partial charge in [-0.2, -0.15) is 0 Å². The molecule has 1 atom stereocenters. The van der Waals surface area contributed by atoms with Crippen molar-refractivity contribution in [2.75, 3.05) is 19.6 Å². The largest absolute Gasteiger partial charge is 0.338 e. The Bertz CT molecular complexity index is 732. The first-order valence-electron chi connectivity index (χ1n) is 10.3. The third kappa shape index (κ3) is 4.34. The van der Waals surface area contributed by atoms with E-state index in [1.165, 1.54) is 11.3 Å². The third-order valence-corrected chi connectivity index (χ3v) is 5.54. The molecule has 1 N–H and O–H groups in total. The molecule has 0 radical (unpaired) electrons. The highest BCUT2D eigenvalue weighted by Gasteiger charge is 2.27. The normalized spacial score (nSPS) is 16.3. The molecule has 2 aromatic rings. The van der Waals surface area contributed by atoms with Gasteiger partial charge in [-0.1, -0.05) is 50.6 Å². The Balaban J connectivity index is 1.84. The smallest absolute Gasteiger partial charge is 0.317 e. The van der Waals surface area contributed by atoms with Gasteiger partial charge in [0.1, 0.15) is 0 Å². The Kier molecular flexibility index (Phi) is 6.54. The van der Waals surface area contributed by atoms with Crippen molar-refractivity contribution in [2.24, 2.45) is 0 Å². The van der Waals surface area contributed by atoms with Crippen molar-refractivity contribution in [1.82, 2.24) is 19.8 Å². The van der Waals surface area contributed by atoms with Gasteiger partial charge < -0.3 is 14.8 Å². The SMILES string of the molecule is CCC[C@H](C)c1c(-c2ccccc2)ncn1C1CCN(C(=O)NCC)CC1. The van der Waals surface area contributed by atoms with Gasteiger partial charge in [-0.3, -0.25) is 0 Å². The number of nitrogens with zero attached hydrogens (tertiary/aromatic N) is 3. The first-order valence-corrected chi connectivity index (χ1v) is 10.3. The maximum Gasteiger partial charge on any atom is 0.317 e. The van der Waals surface area contributed by atoms with Crippen LogP contribution in [0.25, 0.3) is 11.3 Å². The standard InChI is InChI=1S/C22H32N4O/c1-4-9-17(3)21-20(18-10-7-6-8-11-18)24-16-26(21)19-12-14-25(15-13-19)22(27)23-5-2/h6-8,10-11,16-17,19H,4-5,9,12-15H2,1-3H3,(H,23,27)/t17-/m0/s1. The topological polar surface area (TPSA) is 50.2 Å². The highest BCUT2D eigenvalue weighted by Crippen LogP contribution is 2.35. The average Bonchev–Trinajstić information content (AvgIpc) is 3.14. The second-order valence-corrected chi connectivity index (χ2v) is 7.50. The number of hydrogen-bond donors (Lipinski definition) is 1. The average molecular weight is 369 g/mol. The van der Waals surface area contributed by atoms with E-state index in [0.29, 0.717) is 18.5 Å². The molecule has 1 aliphatic rings. The van der Waals surface area contributed by atoms with Crippen LogP contribution in [-0.4, -0.2) is 40.1 Å². The molecule has 5 nitrogen and oxygen atoms in total.